The zero-order valence-corrected chi connectivity index (χ0v) is 23.8. The Labute approximate surface area is 235 Å². The van der Waals surface area contributed by atoms with Crippen molar-refractivity contribution in [1.82, 2.24) is 4.90 Å². The Hall–Kier alpha value is -3.56. The Morgan fingerprint density at radius 3 is 2.58 bits per heavy atom. The molecule has 2 aromatic carbocycles. The fraction of sp³-hybridized carbons (Fsp3) is 0.484. The minimum Gasteiger partial charge on any atom is -0.872 e. The van der Waals surface area contributed by atoms with Crippen LogP contribution in [0.3, 0.4) is 0 Å². The number of phenols is 1. The second-order valence-electron chi connectivity index (χ2n) is 10.8. The normalized spacial score (nSPS) is 19.4. The lowest BCUT2D eigenvalue weighted by Gasteiger charge is -2.29. The van der Waals surface area contributed by atoms with Gasteiger partial charge >= 0.3 is 0 Å². The number of ether oxygens (including phenoxy) is 3. The summed E-state index contributed by atoms with van der Waals surface area (Å²) in [6.45, 7) is 12.9. The maximum atomic E-state index is 14.0. The zero-order chi connectivity index (χ0) is 28.8. The molecule has 2 N–H and O–H groups in total. The van der Waals surface area contributed by atoms with E-state index >= 15 is 0 Å². The molecule has 0 aliphatic carbocycles. The first-order chi connectivity index (χ1) is 19.2. The number of benzene rings is 2. The summed E-state index contributed by atoms with van der Waals surface area (Å²) >= 11 is 0. The van der Waals surface area contributed by atoms with Crippen molar-refractivity contribution in [2.45, 2.75) is 40.2 Å². The standard InChI is InChI=1S/C31H40N2O7/c1-5-39-26-18-22(7-10-25(26)34)28-27(29(35)24-9-8-23(17-21(24)4)40-19-20(2)3)30(36)31(37)33(28)12-6-11-32-13-15-38-16-14-32/h7-10,17-18,20,28,34-35H,5-6,11-16,19H2,1-4H3/b29-27+. The minimum absolute atomic E-state index is 0.0515. The summed E-state index contributed by atoms with van der Waals surface area (Å²) < 4.78 is 16.8. The average molecular weight is 553 g/mol. The van der Waals surface area contributed by atoms with Crippen molar-refractivity contribution in [3.05, 3.63) is 58.7 Å². The number of quaternary nitrogens is 1. The van der Waals surface area contributed by atoms with Crippen LogP contribution in [-0.2, 0) is 14.3 Å². The number of carbonyl (C=O) groups excluding carboxylic acids is 2. The van der Waals surface area contributed by atoms with E-state index in [2.05, 4.69) is 13.8 Å². The Kier molecular flexibility index (Phi) is 9.71. The second kappa shape index (κ2) is 13.2. The molecular formula is C31H40N2O7. The number of amides is 1. The summed E-state index contributed by atoms with van der Waals surface area (Å²) in [4.78, 5) is 29.7. The third-order valence-corrected chi connectivity index (χ3v) is 7.28. The Bertz CT molecular complexity index is 1250. The number of likely N-dealkylation sites (tertiary alicyclic amines) is 1. The summed E-state index contributed by atoms with van der Waals surface area (Å²) in [6, 6.07) is 8.98. The number of phenolic OH excluding ortho intramolecular Hbond substituents is 1. The van der Waals surface area contributed by atoms with Gasteiger partial charge in [0.25, 0.3) is 5.91 Å². The molecule has 1 unspecified atom stereocenters. The van der Waals surface area contributed by atoms with Gasteiger partial charge in [-0.2, -0.15) is 0 Å². The van der Waals surface area contributed by atoms with Crippen molar-refractivity contribution >= 4 is 17.4 Å². The van der Waals surface area contributed by atoms with E-state index in [0.717, 1.165) is 19.6 Å². The first kappa shape index (κ1) is 29.4. The number of ketones is 1. The van der Waals surface area contributed by atoms with E-state index in [-0.39, 0.29) is 17.1 Å². The monoisotopic (exact) mass is 552 g/mol. The molecule has 2 fully saturated rings. The number of Topliss-reactive ketones (excluding diaryl/α,β-unsaturated/α-hetero) is 1. The van der Waals surface area contributed by atoms with E-state index in [0.29, 0.717) is 67.8 Å². The predicted molar refractivity (Wildman–Crippen MR) is 148 cm³/mol. The number of nitrogens with zero attached hydrogens (tertiary/aromatic N) is 1. The first-order valence-electron chi connectivity index (χ1n) is 14.1. The van der Waals surface area contributed by atoms with Gasteiger partial charge in [-0.1, -0.05) is 31.7 Å². The van der Waals surface area contributed by atoms with Crippen molar-refractivity contribution < 1.29 is 38.9 Å². The molecular weight excluding hydrogens is 512 g/mol. The molecule has 2 aromatic rings. The van der Waals surface area contributed by atoms with Gasteiger partial charge in [0.2, 0.25) is 5.78 Å². The van der Waals surface area contributed by atoms with Crippen LogP contribution in [0, 0.1) is 12.8 Å². The summed E-state index contributed by atoms with van der Waals surface area (Å²) in [6.07, 6.45) is 0.670. The number of hydrogen-bond donors (Lipinski definition) is 2. The molecule has 0 saturated carbocycles. The van der Waals surface area contributed by atoms with Crippen molar-refractivity contribution in [3.63, 3.8) is 0 Å². The molecule has 40 heavy (non-hydrogen) atoms. The van der Waals surface area contributed by atoms with Crippen LogP contribution in [0.15, 0.2) is 42.0 Å². The molecule has 0 aromatic heterocycles. The highest BCUT2D eigenvalue weighted by atomic mass is 16.5. The van der Waals surface area contributed by atoms with Gasteiger partial charge < -0.3 is 34.2 Å². The molecule has 0 spiro atoms. The van der Waals surface area contributed by atoms with Gasteiger partial charge in [0, 0.05) is 18.5 Å². The van der Waals surface area contributed by atoms with Gasteiger partial charge in [0.15, 0.2) is 11.5 Å². The van der Waals surface area contributed by atoms with Crippen LogP contribution >= 0.6 is 0 Å². The number of hydrogen-bond acceptors (Lipinski definition) is 7. The molecule has 1 amide bonds. The smallest absolute Gasteiger partial charge is 0.295 e. The van der Waals surface area contributed by atoms with Crippen LogP contribution < -0.4 is 19.5 Å². The SMILES string of the molecule is CCOc1cc(C2/C(=C(\[O-])c3ccc(OCC(C)C)cc3C)C(=O)C(=O)N2CCC[NH+]2CCOCC2)ccc1O. The molecule has 216 valence electrons. The number of rotatable bonds is 11. The fourth-order valence-corrected chi connectivity index (χ4v) is 5.22. The van der Waals surface area contributed by atoms with Gasteiger partial charge in [-0.3, -0.25) is 9.59 Å². The minimum atomic E-state index is -0.886. The zero-order valence-electron chi connectivity index (χ0n) is 23.8. The van der Waals surface area contributed by atoms with E-state index < -0.39 is 23.5 Å². The molecule has 0 radical (unpaired) electrons. The molecule has 2 heterocycles. The number of carbonyl (C=O) groups is 2. The third-order valence-electron chi connectivity index (χ3n) is 7.28. The Morgan fingerprint density at radius 2 is 1.90 bits per heavy atom. The van der Waals surface area contributed by atoms with E-state index in [1.54, 1.807) is 44.2 Å². The molecule has 2 aliphatic rings. The predicted octanol–water partition coefficient (Wildman–Crippen LogP) is 1.66. The second-order valence-corrected chi connectivity index (χ2v) is 10.8. The quantitative estimate of drug-likeness (QED) is 0.248. The molecule has 0 bridgehead atoms. The number of aryl methyl sites for hydroxylation is 1. The number of nitrogens with one attached hydrogen (secondary N) is 1. The van der Waals surface area contributed by atoms with Crippen molar-refractivity contribution in [2.75, 3.05) is 52.6 Å². The Morgan fingerprint density at radius 1 is 1.15 bits per heavy atom. The highest BCUT2D eigenvalue weighted by molar-refractivity contribution is 6.46. The summed E-state index contributed by atoms with van der Waals surface area (Å²) in [7, 11) is 0. The van der Waals surface area contributed by atoms with Gasteiger partial charge in [-0.25, -0.2) is 0 Å². The van der Waals surface area contributed by atoms with Crippen LogP contribution in [-0.4, -0.2) is 74.3 Å². The maximum Gasteiger partial charge on any atom is 0.295 e. The molecule has 9 nitrogen and oxygen atoms in total. The van der Waals surface area contributed by atoms with Crippen LogP contribution in [0.1, 0.15) is 49.9 Å². The van der Waals surface area contributed by atoms with E-state index in [1.165, 1.54) is 15.9 Å². The molecule has 4 rings (SSSR count). The average Bonchev–Trinajstić information content (AvgIpc) is 3.18. The maximum absolute atomic E-state index is 14.0. The van der Waals surface area contributed by atoms with Crippen LogP contribution in [0.5, 0.6) is 17.2 Å². The van der Waals surface area contributed by atoms with Crippen molar-refractivity contribution in [2.24, 2.45) is 5.92 Å². The van der Waals surface area contributed by atoms with E-state index in [4.69, 9.17) is 14.2 Å². The van der Waals surface area contributed by atoms with Gasteiger partial charge in [0.1, 0.15) is 18.8 Å². The van der Waals surface area contributed by atoms with E-state index in [9.17, 15) is 19.8 Å². The lowest BCUT2D eigenvalue weighted by atomic mass is 9.93. The summed E-state index contributed by atoms with van der Waals surface area (Å²) in [5, 5.41) is 24.2. The van der Waals surface area contributed by atoms with Crippen molar-refractivity contribution in [3.8, 4) is 17.2 Å². The molecule has 9 heteroatoms. The molecule has 2 saturated heterocycles. The summed E-state index contributed by atoms with van der Waals surface area (Å²) in [5.74, 6) is -0.787. The first-order valence-corrected chi connectivity index (χ1v) is 14.1. The number of aromatic hydroxyl groups is 1. The summed E-state index contributed by atoms with van der Waals surface area (Å²) in [5.41, 5.74) is 1.46. The van der Waals surface area contributed by atoms with Crippen LogP contribution in [0.2, 0.25) is 0 Å². The van der Waals surface area contributed by atoms with Gasteiger partial charge in [0.05, 0.1) is 39.0 Å². The van der Waals surface area contributed by atoms with E-state index in [1.807, 2.05) is 0 Å². The lowest BCUT2D eigenvalue weighted by Crippen LogP contribution is -3.14. The van der Waals surface area contributed by atoms with Gasteiger partial charge in [-0.05, 0) is 60.7 Å². The van der Waals surface area contributed by atoms with Crippen molar-refractivity contribution in [1.29, 1.82) is 0 Å². The highest BCUT2D eigenvalue weighted by Gasteiger charge is 2.44. The Balaban J connectivity index is 1.71. The topological polar surface area (TPSA) is 113 Å². The fourth-order valence-electron chi connectivity index (χ4n) is 5.22. The third kappa shape index (κ3) is 6.59. The molecule has 2 aliphatic heterocycles. The van der Waals surface area contributed by atoms with Gasteiger partial charge in [-0.15, -0.1) is 0 Å². The van der Waals surface area contributed by atoms with Crippen LogP contribution in [0.25, 0.3) is 5.76 Å². The largest absolute Gasteiger partial charge is 0.872 e. The highest BCUT2D eigenvalue weighted by Crippen LogP contribution is 2.41. The van der Waals surface area contributed by atoms with Crippen LogP contribution in [0.4, 0.5) is 0 Å². The lowest BCUT2D eigenvalue weighted by molar-refractivity contribution is -0.908. The number of morpholine rings is 1. The molecule has 1 atom stereocenters.